The number of aromatic nitrogens is 2. The third-order valence-electron chi connectivity index (χ3n) is 2.63. The van der Waals surface area contributed by atoms with Gasteiger partial charge in [-0.2, -0.15) is 4.31 Å². The number of sulfonamides is 1. The standard InChI is InChI=1S/C11H12ClFN4O2S/c1-17(6-10-15-2-3-16-10)20(18,19)9-5-7(14)4-8(12)11(9)13/h2-5H,6,14H2,1H3,(H,15,16). The van der Waals surface area contributed by atoms with E-state index < -0.39 is 20.7 Å². The molecule has 3 N–H and O–H groups in total. The molecule has 0 bridgehead atoms. The third kappa shape index (κ3) is 2.77. The highest BCUT2D eigenvalue weighted by Crippen LogP contribution is 2.27. The number of nitrogens with zero attached hydrogens (tertiary/aromatic N) is 2. The number of H-pyrrole nitrogens is 1. The van der Waals surface area contributed by atoms with Crippen LogP contribution in [-0.4, -0.2) is 29.7 Å². The lowest BCUT2D eigenvalue weighted by Gasteiger charge is -2.17. The summed E-state index contributed by atoms with van der Waals surface area (Å²) in [4.78, 5) is 6.12. The lowest BCUT2D eigenvalue weighted by molar-refractivity contribution is 0.452. The number of imidazole rings is 1. The minimum Gasteiger partial charge on any atom is -0.399 e. The van der Waals surface area contributed by atoms with Crippen LogP contribution in [0.25, 0.3) is 0 Å². The van der Waals surface area contributed by atoms with E-state index in [9.17, 15) is 12.8 Å². The molecule has 0 spiro atoms. The number of anilines is 1. The van der Waals surface area contributed by atoms with Crippen LogP contribution < -0.4 is 5.73 Å². The Labute approximate surface area is 120 Å². The van der Waals surface area contributed by atoms with Gasteiger partial charge in [0.05, 0.1) is 11.6 Å². The van der Waals surface area contributed by atoms with Crippen molar-refractivity contribution in [2.24, 2.45) is 0 Å². The molecule has 1 aromatic carbocycles. The Hall–Kier alpha value is -1.64. The van der Waals surface area contributed by atoms with Crippen molar-refractivity contribution in [1.29, 1.82) is 0 Å². The van der Waals surface area contributed by atoms with Gasteiger partial charge in [-0.1, -0.05) is 11.6 Å². The summed E-state index contributed by atoms with van der Waals surface area (Å²) < 4.78 is 39.5. The Balaban J connectivity index is 2.40. The quantitative estimate of drug-likeness (QED) is 0.838. The molecule has 0 saturated heterocycles. The molecule has 0 aliphatic rings. The van der Waals surface area contributed by atoms with Crippen molar-refractivity contribution in [3.63, 3.8) is 0 Å². The highest BCUT2D eigenvalue weighted by molar-refractivity contribution is 7.89. The lowest BCUT2D eigenvalue weighted by Crippen LogP contribution is -2.28. The Morgan fingerprint density at radius 2 is 2.20 bits per heavy atom. The molecule has 0 atom stereocenters. The monoisotopic (exact) mass is 318 g/mol. The second kappa shape index (κ2) is 5.39. The predicted molar refractivity (Wildman–Crippen MR) is 73.1 cm³/mol. The third-order valence-corrected chi connectivity index (χ3v) is 4.71. The second-order valence-electron chi connectivity index (χ2n) is 4.11. The molecule has 0 aliphatic carbocycles. The van der Waals surface area contributed by atoms with Crippen LogP contribution in [0.15, 0.2) is 29.4 Å². The van der Waals surface area contributed by atoms with Gasteiger partial charge >= 0.3 is 0 Å². The highest BCUT2D eigenvalue weighted by atomic mass is 35.5. The van der Waals surface area contributed by atoms with E-state index in [2.05, 4.69) is 9.97 Å². The smallest absolute Gasteiger partial charge is 0.246 e. The molecular formula is C11H12ClFN4O2S. The van der Waals surface area contributed by atoms with Gasteiger partial charge in [-0.15, -0.1) is 0 Å². The number of rotatable bonds is 4. The number of hydrogen-bond donors (Lipinski definition) is 2. The molecule has 2 rings (SSSR count). The number of halogens is 2. The fourth-order valence-electron chi connectivity index (χ4n) is 1.62. The predicted octanol–water partition coefficient (Wildman–Crippen LogP) is 1.61. The van der Waals surface area contributed by atoms with E-state index in [-0.39, 0.29) is 17.3 Å². The first kappa shape index (κ1) is 14.8. The van der Waals surface area contributed by atoms with E-state index in [4.69, 9.17) is 17.3 Å². The molecule has 0 radical (unpaired) electrons. The summed E-state index contributed by atoms with van der Waals surface area (Å²) in [5.41, 5.74) is 5.58. The SMILES string of the molecule is CN(Cc1ncc[nH]1)S(=O)(=O)c1cc(N)cc(Cl)c1F. The van der Waals surface area contributed by atoms with Crippen LogP contribution in [0.4, 0.5) is 10.1 Å². The van der Waals surface area contributed by atoms with Crippen molar-refractivity contribution < 1.29 is 12.8 Å². The van der Waals surface area contributed by atoms with Gasteiger partial charge in [0.15, 0.2) is 5.82 Å². The number of hydrogen-bond acceptors (Lipinski definition) is 4. The van der Waals surface area contributed by atoms with Crippen LogP contribution in [0.2, 0.25) is 5.02 Å². The summed E-state index contributed by atoms with van der Waals surface area (Å²) in [5, 5.41) is -0.338. The Morgan fingerprint density at radius 3 is 2.80 bits per heavy atom. The minimum atomic E-state index is -4.06. The average Bonchev–Trinajstić information content (AvgIpc) is 2.86. The van der Waals surface area contributed by atoms with Crippen molar-refractivity contribution in [3.8, 4) is 0 Å². The maximum atomic E-state index is 13.9. The summed E-state index contributed by atoms with van der Waals surface area (Å²) in [6.07, 6.45) is 3.06. The first-order valence-corrected chi connectivity index (χ1v) is 7.33. The van der Waals surface area contributed by atoms with E-state index in [0.717, 1.165) is 16.4 Å². The number of nitrogens with one attached hydrogen (secondary N) is 1. The normalized spacial score (nSPS) is 12.0. The molecule has 0 amide bonds. The molecule has 0 fully saturated rings. The van der Waals surface area contributed by atoms with Gasteiger partial charge in [-0.3, -0.25) is 0 Å². The molecule has 1 heterocycles. The second-order valence-corrected chi connectivity index (χ2v) is 6.53. The Bertz CT molecular complexity index is 718. The van der Waals surface area contributed by atoms with Gasteiger partial charge in [0.1, 0.15) is 10.7 Å². The van der Waals surface area contributed by atoms with E-state index >= 15 is 0 Å². The van der Waals surface area contributed by atoms with Gasteiger partial charge in [-0.25, -0.2) is 17.8 Å². The van der Waals surface area contributed by atoms with Crippen LogP contribution in [0, 0.1) is 5.82 Å². The zero-order chi connectivity index (χ0) is 14.9. The number of nitrogen functional groups attached to an aromatic ring is 1. The largest absolute Gasteiger partial charge is 0.399 e. The summed E-state index contributed by atoms with van der Waals surface area (Å²) in [5.74, 6) is -0.585. The van der Waals surface area contributed by atoms with Crippen molar-refractivity contribution in [3.05, 3.63) is 41.2 Å². The first-order chi connectivity index (χ1) is 9.32. The van der Waals surface area contributed by atoms with E-state index in [1.807, 2.05) is 0 Å². The summed E-state index contributed by atoms with van der Waals surface area (Å²) in [7, 11) is -2.74. The topological polar surface area (TPSA) is 92.1 Å². The zero-order valence-electron chi connectivity index (χ0n) is 10.5. The van der Waals surface area contributed by atoms with Gasteiger partial charge in [0.2, 0.25) is 10.0 Å². The lowest BCUT2D eigenvalue weighted by atomic mass is 10.3. The fraction of sp³-hybridized carbons (Fsp3) is 0.182. The molecule has 2 aromatic rings. The van der Waals surface area contributed by atoms with E-state index in [1.165, 1.54) is 13.2 Å². The van der Waals surface area contributed by atoms with Crippen LogP contribution in [0.5, 0.6) is 0 Å². The van der Waals surface area contributed by atoms with Crippen molar-refractivity contribution in [2.45, 2.75) is 11.4 Å². The number of nitrogens with two attached hydrogens (primary N) is 1. The maximum Gasteiger partial charge on any atom is 0.246 e. The van der Waals surface area contributed by atoms with Gasteiger partial charge < -0.3 is 10.7 Å². The molecule has 6 nitrogen and oxygen atoms in total. The molecule has 108 valence electrons. The van der Waals surface area contributed by atoms with E-state index in [1.54, 1.807) is 6.20 Å². The first-order valence-electron chi connectivity index (χ1n) is 5.51. The maximum absolute atomic E-state index is 13.9. The van der Waals surface area contributed by atoms with E-state index in [0.29, 0.717) is 5.82 Å². The van der Waals surface area contributed by atoms with Crippen molar-refractivity contribution in [2.75, 3.05) is 12.8 Å². The van der Waals surface area contributed by atoms with Crippen LogP contribution in [-0.2, 0) is 16.6 Å². The molecule has 0 unspecified atom stereocenters. The number of benzene rings is 1. The average molecular weight is 319 g/mol. The molecule has 20 heavy (non-hydrogen) atoms. The molecule has 1 aromatic heterocycles. The van der Waals surface area contributed by atoms with Crippen molar-refractivity contribution >= 4 is 27.3 Å². The summed E-state index contributed by atoms with van der Waals surface area (Å²) in [6, 6.07) is 2.19. The van der Waals surface area contributed by atoms with Gasteiger partial charge in [0, 0.05) is 25.1 Å². The molecule has 0 aliphatic heterocycles. The van der Waals surface area contributed by atoms with Gasteiger partial charge in [0.25, 0.3) is 0 Å². The van der Waals surface area contributed by atoms with Crippen LogP contribution >= 0.6 is 11.6 Å². The van der Waals surface area contributed by atoms with Gasteiger partial charge in [-0.05, 0) is 12.1 Å². The Kier molecular flexibility index (Phi) is 3.98. The van der Waals surface area contributed by atoms with Crippen molar-refractivity contribution in [1.82, 2.24) is 14.3 Å². The van der Waals surface area contributed by atoms with Crippen LogP contribution in [0.1, 0.15) is 5.82 Å². The molecule has 9 heteroatoms. The molecular weight excluding hydrogens is 307 g/mol. The minimum absolute atomic E-state index is 0.0266. The van der Waals surface area contributed by atoms with Crippen LogP contribution in [0.3, 0.4) is 0 Å². The summed E-state index contributed by atoms with van der Waals surface area (Å²) >= 11 is 5.62. The number of aromatic amines is 1. The molecule has 0 saturated carbocycles. The summed E-state index contributed by atoms with van der Waals surface area (Å²) in [6.45, 7) is -0.0266. The Morgan fingerprint density at radius 1 is 1.50 bits per heavy atom. The zero-order valence-corrected chi connectivity index (χ0v) is 12.0. The fourth-order valence-corrected chi connectivity index (χ4v) is 3.15. The highest BCUT2D eigenvalue weighted by Gasteiger charge is 2.27.